The van der Waals surface area contributed by atoms with Crippen molar-refractivity contribution in [3.63, 3.8) is 0 Å². The first-order valence-corrected chi connectivity index (χ1v) is 8.59. The topological polar surface area (TPSA) is 49.8 Å². The van der Waals surface area contributed by atoms with Gasteiger partial charge in [-0.25, -0.2) is 4.98 Å². The first-order chi connectivity index (χ1) is 9.79. The van der Waals surface area contributed by atoms with Crippen LogP contribution in [0.15, 0.2) is 10.7 Å². The van der Waals surface area contributed by atoms with E-state index in [4.69, 9.17) is 0 Å². The van der Waals surface area contributed by atoms with Crippen molar-refractivity contribution in [2.75, 3.05) is 23.7 Å². The summed E-state index contributed by atoms with van der Waals surface area (Å²) in [7, 11) is 0. The fourth-order valence-electron chi connectivity index (χ4n) is 2.71. The summed E-state index contributed by atoms with van der Waals surface area (Å²) in [5.74, 6) is 2.56. The maximum Gasteiger partial charge on any atom is 0.224 e. The normalized spacial score (nSPS) is 15.5. The molecule has 1 saturated carbocycles. The Labute approximate surface area is 130 Å². The molecule has 1 aliphatic rings. The molecule has 1 aromatic heterocycles. The first kappa shape index (κ1) is 15.5. The van der Waals surface area contributed by atoms with Gasteiger partial charge in [0.25, 0.3) is 0 Å². The molecule has 4 nitrogen and oxygen atoms in total. The van der Waals surface area contributed by atoms with Crippen molar-refractivity contribution in [1.82, 2.24) is 9.97 Å². The third kappa shape index (κ3) is 4.93. The molecule has 1 fully saturated rings. The van der Waals surface area contributed by atoms with Gasteiger partial charge >= 0.3 is 0 Å². The molecule has 0 atom stereocenters. The molecule has 0 unspecified atom stereocenters. The van der Waals surface area contributed by atoms with E-state index in [1.54, 1.807) is 0 Å². The van der Waals surface area contributed by atoms with Crippen molar-refractivity contribution in [3.05, 3.63) is 10.7 Å². The number of rotatable bonds is 8. The number of nitrogens with one attached hydrogen (secondary N) is 2. The van der Waals surface area contributed by atoms with E-state index in [-0.39, 0.29) is 0 Å². The summed E-state index contributed by atoms with van der Waals surface area (Å²) in [6.45, 7) is 4.02. The van der Waals surface area contributed by atoms with E-state index in [2.05, 4.69) is 43.5 Å². The molecular weight excluding hydrogens is 316 g/mol. The van der Waals surface area contributed by atoms with Gasteiger partial charge in [-0.05, 0) is 41.1 Å². The van der Waals surface area contributed by atoms with Crippen LogP contribution < -0.4 is 10.6 Å². The molecule has 1 aliphatic carbocycles. The number of nitrogens with zero attached hydrogens (tertiary/aromatic N) is 2. The largest absolute Gasteiger partial charge is 0.369 e. The second-order valence-electron chi connectivity index (χ2n) is 5.54. The third-order valence-electron chi connectivity index (χ3n) is 3.83. The molecule has 1 aromatic rings. The van der Waals surface area contributed by atoms with Crippen LogP contribution in [0.2, 0.25) is 0 Å². The monoisotopic (exact) mass is 340 g/mol. The number of anilines is 2. The molecule has 2 rings (SSSR count). The van der Waals surface area contributed by atoms with E-state index >= 15 is 0 Å². The minimum absolute atomic E-state index is 0.702. The molecule has 0 spiro atoms. The van der Waals surface area contributed by atoms with E-state index in [1.807, 2.05) is 6.20 Å². The van der Waals surface area contributed by atoms with Crippen LogP contribution in [-0.4, -0.2) is 23.1 Å². The lowest BCUT2D eigenvalue weighted by molar-refractivity contribution is 0.491. The lowest BCUT2D eigenvalue weighted by Crippen LogP contribution is -2.09. The number of aromatic nitrogens is 2. The summed E-state index contributed by atoms with van der Waals surface area (Å²) >= 11 is 3.50. The second-order valence-corrected chi connectivity index (χ2v) is 6.39. The number of hydrogen-bond acceptors (Lipinski definition) is 4. The van der Waals surface area contributed by atoms with Crippen molar-refractivity contribution in [2.24, 2.45) is 5.92 Å². The van der Waals surface area contributed by atoms with Gasteiger partial charge < -0.3 is 10.6 Å². The molecule has 0 saturated heterocycles. The van der Waals surface area contributed by atoms with Gasteiger partial charge in [-0.2, -0.15) is 4.98 Å². The Morgan fingerprint density at radius 1 is 1.25 bits per heavy atom. The summed E-state index contributed by atoms with van der Waals surface area (Å²) in [6, 6.07) is 0. The van der Waals surface area contributed by atoms with Crippen molar-refractivity contribution >= 4 is 27.7 Å². The molecule has 0 amide bonds. The van der Waals surface area contributed by atoms with E-state index in [9.17, 15) is 0 Å². The van der Waals surface area contributed by atoms with E-state index in [1.165, 1.54) is 38.5 Å². The quantitative estimate of drug-likeness (QED) is 0.686. The maximum atomic E-state index is 4.50. The highest BCUT2D eigenvalue weighted by atomic mass is 79.9. The van der Waals surface area contributed by atoms with Crippen molar-refractivity contribution in [2.45, 2.75) is 51.9 Å². The Hall–Kier alpha value is -0.840. The van der Waals surface area contributed by atoms with Gasteiger partial charge in [0.05, 0.1) is 4.47 Å². The Morgan fingerprint density at radius 2 is 2.05 bits per heavy atom. The van der Waals surface area contributed by atoms with Gasteiger partial charge in [0, 0.05) is 19.3 Å². The predicted octanol–water partition coefficient (Wildman–Crippen LogP) is 4.44. The summed E-state index contributed by atoms with van der Waals surface area (Å²) < 4.78 is 0.931. The van der Waals surface area contributed by atoms with Crippen LogP contribution in [0.1, 0.15) is 51.9 Å². The highest BCUT2D eigenvalue weighted by Gasteiger charge is 2.14. The smallest absolute Gasteiger partial charge is 0.224 e. The third-order valence-corrected chi connectivity index (χ3v) is 4.41. The first-order valence-electron chi connectivity index (χ1n) is 7.80. The highest BCUT2D eigenvalue weighted by molar-refractivity contribution is 9.10. The summed E-state index contributed by atoms with van der Waals surface area (Å²) in [5, 5.41) is 6.63. The van der Waals surface area contributed by atoms with Gasteiger partial charge in [-0.1, -0.05) is 32.6 Å². The SMILES string of the molecule is CCCNc1ncc(Br)c(NCCCC2CCCC2)n1. The predicted molar refractivity (Wildman–Crippen MR) is 88.2 cm³/mol. The highest BCUT2D eigenvalue weighted by Crippen LogP contribution is 2.28. The molecule has 20 heavy (non-hydrogen) atoms. The van der Waals surface area contributed by atoms with Gasteiger partial charge in [0.15, 0.2) is 0 Å². The average molecular weight is 341 g/mol. The van der Waals surface area contributed by atoms with Crippen LogP contribution in [0.5, 0.6) is 0 Å². The molecule has 2 N–H and O–H groups in total. The zero-order chi connectivity index (χ0) is 14.2. The summed E-state index contributed by atoms with van der Waals surface area (Å²) in [6.07, 6.45) is 11.2. The molecule has 1 heterocycles. The molecule has 0 aliphatic heterocycles. The molecule has 0 bridgehead atoms. The standard InChI is InChI=1S/C15H25BrN4/c1-2-9-18-15-19-11-13(16)14(20-15)17-10-5-8-12-6-3-4-7-12/h11-12H,2-10H2,1H3,(H2,17,18,19,20). The van der Waals surface area contributed by atoms with Crippen molar-refractivity contribution in [3.8, 4) is 0 Å². The molecule has 112 valence electrons. The van der Waals surface area contributed by atoms with Crippen molar-refractivity contribution in [1.29, 1.82) is 0 Å². The van der Waals surface area contributed by atoms with Crippen LogP contribution in [0.3, 0.4) is 0 Å². The summed E-state index contributed by atoms with van der Waals surface area (Å²) in [4.78, 5) is 8.76. The van der Waals surface area contributed by atoms with Gasteiger partial charge in [-0.15, -0.1) is 0 Å². The van der Waals surface area contributed by atoms with Crippen LogP contribution in [-0.2, 0) is 0 Å². The molecule has 0 radical (unpaired) electrons. The van der Waals surface area contributed by atoms with Crippen LogP contribution in [0.4, 0.5) is 11.8 Å². The average Bonchev–Trinajstić information content (AvgIpc) is 2.97. The van der Waals surface area contributed by atoms with E-state index < -0.39 is 0 Å². The Morgan fingerprint density at radius 3 is 2.80 bits per heavy atom. The Balaban J connectivity index is 1.75. The fraction of sp³-hybridized carbons (Fsp3) is 0.733. The van der Waals surface area contributed by atoms with Crippen LogP contribution in [0.25, 0.3) is 0 Å². The molecule has 0 aromatic carbocycles. The molecular formula is C15H25BrN4. The minimum atomic E-state index is 0.702. The second kappa shape index (κ2) is 8.45. The molecule has 5 heteroatoms. The lowest BCUT2D eigenvalue weighted by Gasteiger charge is -2.11. The lowest BCUT2D eigenvalue weighted by atomic mass is 10.0. The number of hydrogen-bond donors (Lipinski definition) is 2. The van der Waals surface area contributed by atoms with Gasteiger partial charge in [0.1, 0.15) is 5.82 Å². The summed E-state index contributed by atoms with van der Waals surface area (Å²) in [5.41, 5.74) is 0. The van der Waals surface area contributed by atoms with E-state index in [0.717, 1.165) is 35.7 Å². The van der Waals surface area contributed by atoms with E-state index in [0.29, 0.717) is 5.95 Å². The number of halogens is 1. The Kier molecular flexibility index (Phi) is 6.57. The van der Waals surface area contributed by atoms with Crippen LogP contribution in [0, 0.1) is 5.92 Å². The van der Waals surface area contributed by atoms with Gasteiger partial charge in [-0.3, -0.25) is 0 Å². The minimum Gasteiger partial charge on any atom is -0.369 e. The van der Waals surface area contributed by atoms with Crippen molar-refractivity contribution < 1.29 is 0 Å². The van der Waals surface area contributed by atoms with Gasteiger partial charge in [0.2, 0.25) is 5.95 Å². The zero-order valence-electron chi connectivity index (χ0n) is 12.3. The maximum absolute atomic E-state index is 4.50. The zero-order valence-corrected chi connectivity index (χ0v) is 13.9. The fourth-order valence-corrected chi connectivity index (χ4v) is 3.04. The Bertz CT molecular complexity index is 405. The van der Waals surface area contributed by atoms with Crippen LogP contribution >= 0.6 is 15.9 Å².